The van der Waals surface area contributed by atoms with Crippen LogP contribution < -0.4 is 5.73 Å². The van der Waals surface area contributed by atoms with E-state index < -0.39 is 5.97 Å². The van der Waals surface area contributed by atoms with Crippen LogP contribution in [0.2, 0.25) is 0 Å². The molecule has 0 amide bonds. The minimum absolute atomic E-state index is 0.0576. The molecule has 2 N–H and O–H groups in total. The second kappa shape index (κ2) is 5.60. The lowest BCUT2D eigenvalue weighted by Crippen LogP contribution is -2.07. The third-order valence-electron chi connectivity index (χ3n) is 2.30. The highest BCUT2D eigenvalue weighted by Gasteiger charge is 2.08. The Morgan fingerprint density at radius 2 is 2.21 bits per heavy atom. The Labute approximate surface area is 109 Å². The van der Waals surface area contributed by atoms with Crippen molar-refractivity contribution in [2.45, 2.75) is 6.61 Å². The zero-order valence-corrected chi connectivity index (χ0v) is 9.91. The van der Waals surface area contributed by atoms with E-state index in [1.165, 1.54) is 18.5 Å². The zero-order chi connectivity index (χ0) is 13.7. The van der Waals surface area contributed by atoms with Crippen molar-refractivity contribution in [3.05, 3.63) is 53.6 Å². The molecular formula is C13H10N4O2. The molecule has 6 heteroatoms. The van der Waals surface area contributed by atoms with E-state index in [0.29, 0.717) is 11.3 Å². The molecule has 19 heavy (non-hydrogen) atoms. The number of hydrogen-bond acceptors (Lipinski definition) is 6. The van der Waals surface area contributed by atoms with Gasteiger partial charge >= 0.3 is 5.97 Å². The maximum atomic E-state index is 11.7. The van der Waals surface area contributed by atoms with Crippen molar-refractivity contribution in [3.63, 3.8) is 0 Å². The van der Waals surface area contributed by atoms with Crippen molar-refractivity contribution in [1.29, 1.82) is 5.26 Å². The minimum Gasteiger partial charge on any atom is -0.456 e. The average Bonchev–Trinajstić information content (AvgIpc) is 2.46. The fourth-order valence-corrected chi connectivity index (χ4v) is 1.37. The molecule has 0 spiro atoms. The molecule has 0 saturated heterocycles. The number of esters is 1. The van der Waals surface area contributed by atoms with Crippen LogP contribution >= 0.6 is 0 Å². The van der Waals surface area contributed by atoms with E-state index >= 15 is 0 Å². The lowest BCUT2D eigenvalue weighted by molar-refractivity contribution is 0.0465. The molecule has 2 heterocycles. The highest BCUT2D eigenvalue weighted by molar-refractivity contribution is 5.87. The number of nitrogen functional groups attached to an aromatic ring is 1. The Bertz CT molecular complexity index is 632. The number of hydrogen-bond donors (Lipinski definition) is 1. The second-order valence-electron chi connectivity index (χ2n) is 3.71. The fourth-order valence-electron chi connectivity index (χ4n) is 1.37. The number of nitrogens with two attached hydrogens (primary N) is 1. The maximum Gasteiger partial charge on any atom is 0.357 e. The van der Waals surface area contributed by atoms with Gasteiger partial charge in [0.25, 0.3) is 0 Å². The van der Waals surface area contributed by atoms with Gasteiger partial charge in [-0.3, -0.25) is 0 Å². The van der Waals surface area contributed by atoms with E-state index in [1.807, 2.05) is 6.07 Å². The molecule has 0 bridgehead atoms. The number of carbonyl (C=O) groups excluding carboxylic acids is 1. The summed E-state index contributed by atoms with van der Waals surface area (Å²) in [6, 6.07) is 8.21. The van der Waals surface area contributed by atoms with Crippen LogP contribution in [0.25, 0.3) is 0 Å². The van der Waals surface area contributed by atoms with Gasteiger partial charge in [0.05, 0.1) is 11.9 Å². The third kappa shape index (κ3) is 3.26. The van der Waals surface area contributed by atoms with Crippen molar-refractivity contribution in [1.82, 2.24) is 9.97 Å². The van der Waals surface area contributed by atoms with E-state index in [4.69, 9.17) is 15.7 Å². The highest BCUT2D eigenvalue weighted by atomic mass is 16.5. The molecule has 94 valence electrons. The molecule has 0 saturated carbocycles. The fraction of sp³-hybridized carbons (Fsp3) is 0.0769. The lowest BCUT2D eigenvalue weighted by Gasteiger charge is -2.04. The summed E-state index contributed by atoms with van der Waals surface area (Å²) < 4.78 is 5.07. The van der Waals surface area contributed by atoms with Crippen LogP contribution in [0.1, 0.15) is 21.7 Å². The summed E-state index contributed by atoms with van der Waals surface area (Å²) in [5.74, 6) is -0.546. The molecule has 0 aliphatic carbocycles. The SMILES string of the molecule is N#Cc1cc(COC(=O)c2ccc(N)cn2)ccn1. The molecule has 0 aliphatic rings. The number of anilines is 1. The van der Waals surface area contributed by atoms with Crippen molar-refractivity contribution in [2.24, 2.45) is 0 Å². The molecule has 0 fully saturated rings. The molecule has 0 aliphatic heterocycles. The van der Waals surface area contributed by atoms with E-state index in [0.717, 1.165) is 0 Å². The smallest absolute Gasteiger partial charge is 0.357 e. The monoisotopic (exact) mass is 254 g/mol. The minimum atomic E-state index is -0.546. The molecule has 2 aromatic heterocycles. The van der Waals surface area contributed by atoms with Crippen LogP contribution in [0.4, 0.5) is 5.69 Å². The molecule has 0 radical (unpaired) electrons. The van der Waals surface area contributed by atoms with E-state index in [1.54, 1.807) is 18.2 Å². The van der Waals surface area contributed by atoms with Crippen molar-refractivity contribution in [3.8, 4) is 6.07 Å². The predicted molar refractivity (Wildman–Crippen MR) is 66.7 cm³/mol. The first kappa shape index (κ1) is 12.5. The number of pyridine rings is 2. The molecule has 0 atom stereocenters. The molecular weight excluding hydrogens is 244 g/mol. The summed E-state index contributed by atoms with van der Waals surface area (Å²) in [7, 11) is 0. The van der Waals surface area contributed by atoms with Crippen LogP contribution in [0.5, 0.6) is 0 Å². The Morgan fingerprint density at radius 3 is 2.89 bits per heavy atom. The highest BCUT2D eigenvalue weighted by Crippen LogP contribution is 2.07. The van der Waals surface area contributed by atoms with Crippen molar-refractivity contribution >= 4 is 11.7 Å². The van der Waals surface area contributed by atoms with E-state index in [2.05, 4.69) is 9.97 Å². The number of ether oxygens (including phenoxy) is 1. The molecule has 0 aromatic carbocycles. The zero-order valence-electron chi connectivity index (χ0n) is 9.91. The Hall–Kier alpha value is -2.94. The van der Waals surface area contributed by atoms with Gasteiger partial charge in [-0.1, -0.05) is 0 Å². The van der Waals surface area contributed by atoms with Crippen molar-refractivity contribution in [2.75, 3.05) is 5.73 Å². The number of carbonyl (C=O) groups is 1. The van der Waals surface area contributed by atoms with Crippen LogP contribution in [-0.2, 0) is 11.3 Å². The normalized spacial score (nSPS) is 9.63. The standard InChI is InChI=1S/C13H10N4O2/c14-6-11-5-9(3-4-16-11)8-19-13(18)12-2-1-10(15)7-17-12/h1-5,7H,8,15H2. The van der Waals surface area contributed by atoms with Gasteiger partial charge in [0.2, 0.25) is 0 Å². The topological polar surface area (TPSA) is 102 Å². The summed E-state index contributed by atoms with van der Waals surface area (Å²) in [4.78, 5) is 19.4. The van der Waals surface area contributed by atoms with E-state index in [-0.39, 0.29) is 18.0 Å². The van der Waals surface area contributed by atoms with Gasteiger partial charge < -0.3 is 10.5 Å². The first-order valence-corrected chi connectivity index (χ1v) is 5.43. The van der Waals surface area contributed by atoms with Gasteiger partial charge in [-0.05, 0) is 29.8 Å². The largest absolute Gasteiger partial charge is 0.456 e. The van der Waals surface area contributed by atoms with Crippen LogP contribution in [0.15, 0.2) is 36.7 Å². The van der Waals surface area contributed by atoms with Gasteiger partial charge in [0.1, 0.15) is 24.1 Å². The molecule has 2 rings (SSSR count). The number of aromatic nitrogens is 2. The maximum absolute atomic E-state index is 11.7. The van der Waals surface area contributed by atoms with Crippen LogP contribution in [0.3, 0.4) is 0 Å². The predicted octanol–water partition coefficient (Wildman–Crippen LogP) is 1.29. The molecule has 6 nitrogen and oxygen atoms in total. The van der Waals surface area contributed by atoms with Gasteiger partial charge in [-0.15, -0.1) is 0 Å². The first-order valence-electron chi connectivity index (χ1n) is 5.43. The number of nitrogens with zero attached hydrogens (tertiary/aromatic N) is 3. The van der Waals surface area contributed by atoms with Crippen molar-refractivity contribution < 1.29 is 9.53 Å². The Kier molecular flexibility index (Phi) is 3.69. The second-order valence-corrected chi connectivity index (χ2v) is 3.71. The number of rotatable bonds is 3. The summed E-state index contributed by atoms with van der Waals surface area (Å²) in [5, 5.41) is 8.70. The first-order chi connectivity index (χ1) is 9.19. The van der Waals surface area contributed by atoms with Crippen LogP contribution in [-0.4, -0.2) is 15.9 Å². The van der Waals surface area contributed by atoms with Crippen LogP contribution in [0, 0.1) is 11.3 Å². The third-order valence-corrected chi connectivity index (χ3v) is 2.30. The van der Waals surface area contributed by atoms with E-state index in [9.17, 15) is 4.79 Å². The summed E-state index contributed by atoms with van der Waals surface area (Å²) in [6.45, 7) is 0.0576. The number of nitriles is 1. The Balaban J connectivity index is 2.00. The lowest BCUT2D eigenvalue weighted by atomic mass is 10.2. The van der Waals surface area contributed by atoms with Gasteiger partial charge in [0, 0.05) is 6.20 Å². The summed E-state index contributed by atoms with van der Waals surface area (Å²) in [5.41, 5.74) is 7.10. The summed E-state index contributed by atoms with van der Waals surface area (Å²) in [6.07, 6.45) is 2.88. The average molecular weight is 254 g/mol. The van der Waals surface area contributed by atoms with Gasteiger partial charge in [-0.25, -0.2) is 14.8 Å². The van der Waals surface area contributed by atoms with Gasteiger partial charge in [0.15, 0.2) is 0 Å². The molecule has 0 unspecified atom stereocenters. The summed E-state index contributed by atoms with van der Waals surface area (Å²) >= 11 is 0. The van der Waals surface area contributed by atoms with Gasteiger partial charge in [-0.2, -0.15) is 5.26 Å². The molecule has 2 aromatic rings. The quantitative estimate of drug-likeness (QED) is 0.828. The Morgan fingerprint density at radius 1 is 1.37 bits per heavy atom.